The van der Waals surface area contributed by atoms with Gasteiger partial charge >= 0.3 is 0 Å². The number of benzene rings is 1. The number of nitrogens with two attached hydrogens (primary N) is 1. The fraction of sp³-hybridized carbons (Fsp3) is 0.125. The Kier molecular flexibility index (Phi) is 2.40. The first-order valence-electron chi connectivity index (χ1n) is 3.37. The van der Waals surface area contributed by atoms with Crippen LogP contribution in [0.15, 0.2) is 18.2 Å². The van der Waals surface area contributed by atoms with Gasteiger partial charge in [0.25, 0.3) is 0 Å². The highest BCUT2D eigenvalue weighted by molar-refractivity contribution is 5.99. The molecule has 1 rings (SSSR count). The highest BCUT2D eigenvalue weighted by Crippen LogP contribution is 2.17. The van der Waals surface area contributed by atoms with Crippen LogP contribution < -0.4 is 5.73 Å². The second-order valence-corrected chi connectivity index (χ2v) is 2.29. The van der Waals surface area contributed by atoms with Gasteiger partial charge in [0.15, 0.2) is 5.78 Å². The van der Waals surface area contributed by atoms with Gasteiger partial charge in [-0.15, -0.1) is 0 Å². The molecule has 0 aliphatic heterocycles. The van der Waals surface area contributed by atoms with E-state index in [1.165, 1.54) is 0 Å². The standard InChI is InChI=1S/C8H8FNO2/c9-5-1-2-7(11)6(3-5)8(12)4-10/h1-3,11H,4,10H2. The maximum absolute atomic E-state index is 12.5. The third kappa shape index (κ3) is 1.60. The zero-order chi connectivity index (χ0) is 9.14. The minimum Gasteiger partial charge on any atom is -0.507 e. The number of hydrogen-bond donors (Lipinski definition) is 2. The van der Waals surface area contributed by atoms with Crippen LogP contribution in [0.1, 0.15) is 10.4 Å². The minimum absolute atomic E-state index is 0.0718. The van der Waals surface area contributed by atoms with E-state index in [2.05, 4.69) is 0 Å². The normalized spacial score (nSPS) is 9.83. The minimum atomic E-state index is -0.565. The molecule has 0 saturated carbocycles. The number of carbonyl (C=O) groups is 1. The summed E-state index contributed by atoms with van der Waals surface area (Å²) < 4.78 is 12.5. The molecule has 0 aliphatic rings. The van der Waals surface area contributed by atoms with Crippen molar-refractivity contribution in [1.82, 2.24) is 0 Å². The summed E-state index contributed by atoms with van der Waals surface area (Å²) in [6.07, 6.45) is 0. The van der Waals surface area contributed by atoms with Gasteiger partial charge in [-0.3, -0.25) is 4.79 Å². The van der Waals surface area contributed by atoms with Gasteiger partial charge in [0.05, 0.1) is 12.1 Å². The monoisotopic (exact) mass is 169 g/mol. The zero-order valence-corrected chi connectivity index (χ0v) is 6.25. The van der Waals surface area contributed by atoms with Crippen LogP contribution in [0.5, 0.6) is 5.75 Å². The van der Waals surface area contributed by atoms with Crippen LogP contribution >= 0.6 is 0 Å². The van der Waals surface area contributed by atoms with Gasteiger partial charge < -0.3 is 10.8 Å². The van der Waals surface area contributed by atoms with E-state index in [0.717, 1.165) is 18.2 Å². The summed E-state index contributed by atoms with van der Waals surface area (Å²) in [6, 6.07) is 3.16. The molecule has 0 radical (unpaired) electrons. The first-order valence-corrected chi connectivity index (χ1v) is 3.37. The molecule has 0 fully saturated rings. The van der Waals surface area contributed by atoms with Gasteiger partial charge in [-0.2, -0.15) is 0 Å². The molecule has 0 aliphatic carbocycles. The van der Waals surface area contributed by atoms with Crippen molar-refractivity contribution in [1.29, 1.82) is 0 Å². The Labute approximate surface area is 68.6 Å². The van der Waals surface area contributed by atoms with Gasteiger partial charge in [0.1, 0.15) is 11.6 Å². The van der Waals surface area contributed by atoms with E-state index in [-0.39, 0.29) is 17.9 Å². The van der Waals surface area contributed by atoms with Crippen molar-refractivity contribution in [2.24, 2.45) is 5.73 Å². The van der Waals surface area contributed by atoms with Crippen molar-refractivity contribution < 1.29 is 14.3 Å². The Balaban J connectivity index is 3.13. The van der Waals surface area contributed by atoms with Crippen molar-refractivity contribution in [3.8, 4) is 5.75 Å². The number of halogens is 1. The number of aromatic hydroxyl groups is 1. The maximum atomic E-state index is 12.5. The second-order valence-electron chi connectivity index (χ2n) is 2.29. The van der Waals surface area contributed by atoms with E-state index in [0.29, 0.717) is 0 Å². The van der Waals surface area contributed by atoms with Crippen LogP contribution in [0, 0.1) is 5.82 Å². The number of carbonyl (C=O) groups excluding carboxylic acids is 1. The number of hydrogen-bond acceptors (Lipinski definition) is 3. The van der Waals surface area contributed by atoms with Crippen molar-refractivity contribution in [2.75, 3.05) is 6.54 Å². The van der Waals surface area contributed by atoms with Gasteiger partial charge in [-0.1, -0.05) is 0 Å². The molecule has 64 valence electrons. The Morgan fingerprint density at radius 1 is 1.58 bits per heavy atom. The van der Waals surface area contributed by atoms with Crippen LogP contribution in [0.25, 0.3) is 0 Å². The molecule has 0 atom stereocenters. The van der Waals surface area contributed by atoms with Crippen LogP contribution in [0.2, 0.25) is 0 Å². The van der Waals surface area contributed by atoms with Gasteiger partial charge in [0.2, 0.25) is 0 Å². The van der Waals surface area contributed by atoms with E-state index in [9.17, 15) is 9.18 Å². The summed E-state index contributed by atoms with van der Waals surface area (Å²) >= 11 is 0. The summed E-state index contributed by atoms with van der Waals surface area (Å²) in [5.41, 5.74) is 4.97. The van der Waals surface area contributed by atoms with E-state index < -0.39 is 11.6 Å². The number of phenols is 1. The summed E-state index contributed by atoms with van der Waals surface area (Å²) in [6.45, 7) is -0.239. The van der Waals surface area contributed by atoms with Crippen LogP contribution in [0.4, 0.5) is 4.39 Å². The number of ketones is 1. The average molecular weight is 169 g/mol. The van der Waals surface area contributed by atoms with Crippen molar-refractivity contribution >= 4 is 5.78 Å². The first-order chi connectivity index (χ1) is 5.65. The highest BCUT2D eigenvalue weighted by Gasteiger charge is 2.09. The lowest BCUT2D eigenvalue weighted by Gasteiger charge is -2.00. The van der Waals surface area contributed by atoms with E-state index in [1.54, 1.807) is 0 Å². The predicted octanol–water partition coefficient (Wildman–Crippen LogP) is 0.673. The molecule has 12 heavy (non-hydrogen) atoms. The van der Waals surface area contributed by atoms with Gasteiger partial charge in [0, 0.05) is 0 Å². The van der Waals surface area contributed by atoms with Gasteiger partial charge in [-0.05, 0) is 18.2 Å². The Bertz CT molecular complexity index is 312. The third-order valence-electron chi connectivity index (χ3n) is 1.44. The Hall–Kier alpha value is -1.42. The summed E-state index contributed by atoms with van der Waals surface area (Å²) in [7, 11) is 0. The fourth-order valence-electron chi connectivity index (χ4n) is 0.842. The molecule has 3 N–H and O–H groups in total. The van der Waals surface area contributed by atoms with Crippen LogP contribution in [0.3, 0.4) is 0 Å². The Morgan fingerprint density at radius 2 is 2.25 bits per heavy atom. The second kappa shape index (κ2) is 3.32. The molecule has 3 nitrogen and oxygen atoms in total. The highest BCUT2D eigenvalue weighted by atomic mass is 19.1. The summed E-state index contributed by atoms with van der Waals surface area (Å²) in [5.74, 6) is -1.29. The number of phenolic OH excluding ortho intramolecular Hbond substituents is 1. The van der Waals surface area contributed by atoms with Crippen LogP contribution in [-0.4, -0.2) is 17.4 Å². The molecule has 0 aromatic heterocycles. The molecule has 0 amide bonds. The number of Topliss-reactive ketones (excluding diaryl/α,β-unsaturated/α-hetero) is 1. The molecular weight excluding hydrogens is 161 g/mol. The topological polar surface area (TPSA) is 63.3 Å². The molecule has 4 heteroatoms. The lowest BCUT2D eigenvalue weighted by atomic mass is 10.1. The summed E-state index contributed by atoms with van der Waals surface area (Å²) in [5, 5.41) is 9.09. The molecule has 1 aromatic carbocycles. The molecule has 0 saturated heterocycles. The van der Waals surface area contributed by atoms with E-state index in [4.69, 9.17) is 10.8 Å². The molecular formula is C8H8FNO2. The predicted molar refractivity (Wildman–Crippen MR) is 41.4 cm³/mol. The summed E-state index contributed by atoms with van der Waals surface area (Å²) in [4.78, 5) is 10.9. The zero-order valence-electron chi connectivity index (χ0n) is 6.25. The third-order valence-corrected chi connectivity index (χ3v) is 1.44. The average Bonchev–Trinajstić information content (AvgIpc) is 2.08. The lowest BCUT2D eigenvalue weighted by molar-refractivity contribution is 0.0998. The number of rotatable bonds is 2. The first kappa shape index (κ1) is 8.67. The Morgan fingerprint density at radius 3 is 2.83 bits per heavy atom. The van der Waals surface area contributed by atoms with Crippen molar-refractivity contribution in [3.05, 3.63) is 29.6 Å². The van der Waals surface area contributed by atoms with Gasteiger partial charge in [-0.25, -0.2) is 4.39 Å². The molecule has 0 unspecified atom stereocenters. The maximum Gasteiger partial charge on any atom is 0.180 e. The SMILES string of the molecule is NCC(=O)c1cc(F)ccc1O. The van der Waals surface area contributed by atoms with Crippen LogP contribution in [-0.2, 0) is 0 Å². The fourth-order valence-corrected chi connectivity index (χ4v) is 0.842. The molecule has 0 bridgehead atoms. The smallest absolute Gasteiger partial charge is 0.180 e. The molecule has 1 aromatic rings. The quantitative estimate of drug-likeness (QED) is 0.639. The van der Waals surface area contributed by atoms with Crippen molar-refractivity contribution in [3.63, 3.8) is 0 Å². The van der Waals surface area contributed by atoms with Crippen molar-refractivity contribution in [2.45, 2.75) is 0 Å². The molecule has 0 spiro atoms. The van der Waals surface area contributed by atoms with E-state index >= 15 is 0 Å². The molecule has 0 heterocycles. The van der Waals surface area contributed by atoms with E-state index in [1.807, 2.05) is 0 Å². The lowest BCUT2D eigenvalue weighted by Crippen LogP contribution is -2.13. The largest absolute Gasteiger partial charge is 0.507 e.